The topological polar surface area (TPSA) is 68.0 Å². The van der Waals surface area contributed by atoms with Gasteiger partial charge in [-0.05, 0) is 44.1 Å². The maximum absolute atomic E-state index is 13.2. The summed E-state index contributed by atoms with van der Waals surface area (Å²) in [5.74, 6) is -0.355. The van der Waals surface area contributed by atoms with Crippen molar-refractivity contribution in [3.63, 3.8) is 0 Å². The molecule has 2 heterocycles. The van der Waals surface area contributed by atoms with E-state index in [0.717, 1.165) is 49.6 Å². The molecule has 0 aliphatic heterocycles. The van der Waals surface area contributed by atoms with Gasteiger partial charge in [-0.3, -0.25) is 14.8 Å². The van der Waals surface area contributed by atoms with Crippen LogP contribution in [0.15, 0.2) is 30.3 Å². The van der Waals surface area contributed by atoms with Crippen LogP contribution in [-0.4, -0.2) is 49.8 Å². The molecule has 3 aromatic rings. The fraction of sp³-hybridized carbons (Fsp3) is 0.542. The lowest BCUT2D eigenvalue weighted by atomic mass is 10.1. The van der Waals surface area contributed by atoms with Crippen LogP contribution in [0.1, 0.15) is 50.9 Å². The van der Waals surface area contributed by atoms with E-state index < -0.39 is 17.8 Å². The molecule has 2 aromatic heterocycles. The molecule has 1 aliphatic carbocycles. The molecule has 1 atom stereocenters. The zero-order valence-corrected chi connectivity index (χ0v) is 19.8. The molecule has 0 saturated heterocycles. The van der Waals surface area contributed by atoms with Gasteiger partial charge in [-0.15, -0.1) is 0 Å². The van der Waals surface area contributed by atoms with Crippen LogP contribution in [0.2, 0.25) is 0 Å². The van der Waals surface area contributed by atoms with Crippen LogP contribution in [0, 0.1) is 5.92 Å². The molecule has 4 rings (SSSR count). The number of hydrogen-bond donors (Lipinski definition) is 1. The van der Waals surface area contributed by atoms with Crippen molar-refractivity contribution in [2.24, 2.45) is 5.92 Å². The smallest absolute Gasteiger partial charge is 0.309 e. The number of anilines is 1. The molecule has 10 heteroatoms. The number of nitrogens with zero attached hydrogens (tertiary/aromatic N) is 5. The molecule has 0 spiro atoms. The van der Waals surface area contributed by atoms with Gasteiger partial charge in [0.1, 0.15) is 0 Å². The van der Waals surface area contributed by atoms with E-state index in [4.69, 9.17) is 0 Å². The maximum atomic E-state index is 13.2. The summed E-state index contributed by atoms with van der Waals surface area (Å²) < 4.78 is 43.0. The number of nitrogens with one attached hydrogen (secondary N) is 1. The van der Waals surface area contributed by atoms with Gasteiger partial charge >= 0.3 is 6.18 Å². The third-order valence-electron chi connectivity index (χ3n) is 6.42. The predicted molar refractivity (Wildman–Crippen MR) is 125 cm³/mol. The molecule has 34 heavy (non-hydrogen) atoms. The average Bonchev–Trinajstić information content (AvgIpc) is 3.46. The van der Waals surface area contributed by atoms with Crippen LogP contribution in [0.4, 0.5) is 19.1 Å². The summed E-state index contributed by atoms with van der Waals surface area (Å²) in [6.45, 7) is 9.31. The van der Waals surface area contributed by atoms with Crippen LogP contribution in [0.25, 0.3) is 11.0 Å². The Bertz CT molecular complexity index is 1140. The van der Waals surface area contributed by atoms with Crippen molar-refractivity contribution in [3.05, 3.63) is 41.7 Å². The van der Waals surface area contributed by atoms with Crippen molar-refractivity contribution < 1.29 is 18.0 Å². The number of rotatable bonds is 10. The number of carbonyl (C=O) groups is 1. The number of alkyl halides is 3. The van der Waals surface area contributed by atoms with E-state index in [1.54, 1.807) is 6.92 Å². The van der Waals surface area contributed by atoms with Crippen LogP contribution in [-0.2, 0) is 24.1 Å². The van der Waals surface area contributed by atoms with Crippen molar-refractivity contribution in [1.29, 1.82) is 0 Å². The molecule has 1 unspecified atom stereocenters. The molecular weight excluding hydrogens is 445 g/mol. The number of halogens is 3. The van der Waals surface area contributed by atoms with Gasteiger partial charge in [-0.1, -0.05) is 32.9 Å². The predicted octanol–water partition coefficient (Wildman–Crippen LogP) is 4.75. The number of amides is 1. The molecule has 1 fully saturated rings. The van der Waals surface area contributed by atoms with Gasteiger partial charge < -0.3 is 9.47 Å². The molecular formula is C24H31F3N6O. The van der Waals surface area contributed by atoms with Gasteiger partial charge in [0.25, 0.3) is 0 Å². The summed E-state index contributed by atoms with van der Waals surface area (Å²) in [6.07, 6.45) is -2.81. The Balaban J connectivity index is 1.52. The highest BCUT2D eigenvalue weighted by atomic mass is 19.4. The number of aromatic nitrogens is 4. The highest BCUT2D eigenvalue weighted by Crippen LogP contribution is 2.42. The van der Waals surface area contributed by atoms with E-state index in [2.05, 4.69) is 34.1 Å². The van der Waals surface area contributed by atoms with Crippen molar-refractivity contribution in [2.45, 2.75) is 58.8 Å². The first kappa shape index (κ1) is 24.3. The highest BCUT2D eigenvalue weighted by Gasteiger charge is 2.38. The van der Waals surface area contributed by atoms with Crippen LogP contribution >= 0.6 is 0 Å². The molecule has 0 bridgehead atoms. The molecule has 1 N–H and O–H groups in total. The number of benzene rings is 1. The second-order valence-electron chi connectivity index (χ2n) is 8.90. The summed E-state index contributed by atoms with van der Waals surface area (Å²) in [5, 5.41) is 6.69. The normalized spacial score (nSPS) is 15.3. The zero-order chi connectivity index (χ0) is 24.5. The van der Waals surface area contributed by atoms with Crippen molar-refractivity contribution in [1.82, 2.24) is 24.2 Å². The lowest BCUT2D eigenvalue weighted by Crippen LogP contribution is -2.29. The van der Waals surface area contributed by atoms with Gasteiger partial charge in [-0.2, -0.15) is 18.3 Å². The van der Waals surface area contributed by atoms with Gasteiger partial charge in [0.2, 0.25) is 11.9 Å². The molecule has 184 valence electrons. The average molecular weight is 477 g/mol. The van der Waals surface area contributed by atoms with Crippen molar-refractivity contribution >= 4 is 22.9 Å². The van der Waals surface area contributed by atoms with Crippen molar-refractivity contribution in [2.75, 3.05) is 25.0 Å². The summed E-state index contributed by atoms with van der Waals surface area (Å²) >= 11 is 0. The number of imidazole rings is 1. The van der Waals surface area contributed by atoms with E-state index in [-0.39, 0.29) is 18.4 Å². The Morgan fingerprint density at radius 3 is 2.59 bits per heavy atom. The van der Waals surface area contributed by atoms with E-state index in [1.165, 1.54) is 4.68 Å². The standard InChI is InChI=1S/C24H31F3N6O/c1-4-31(5-2)12-13-32-19-9-7-6-8-18(19)28-23(32)29-22(34)16(3)15-33-20(17-10-11-17)14-21(30-33)24(25,26)27/h6-9,14,16-17H,4-5,10-13,15H2,1-3H3,(H,28,29,34). The Labute approximate surface area is 196 Å². The van der Waals surface area contributed by atoms with E-state index in [9.17, 15) is 18.0 Å². The first-order valence-electron chi connectivity index (χ1n) is 11.8. The monoisotopic (exact) mass is 476 g/mol. The molecule has 7 nitrogen and oxygen atoms in total. The summed E-state index contributed by atoms with van der Waals surface area (Å²) in [5.41, 5.74) is 1.36. The van der Waals surface area contributed by atoms with Crippen LogP contribution < -0.4 is 5.32 Å². The number of para-hydroxylation sites is 2. The second kappa shape index (κ2) is 9.77. The zero-order valence-electron chi connectivity index (χ0n) is 19.8. The number of carbonyl (C=O) groups excluding carboxylic acids is 1. The Kier molecular flexibility index (Phi) is 6.97. The Morgan fingerprint density at radius 2 is 1.94 bits per heavy atom. The summed E-state index contributed by atoms with van der Waals surface area (Å²) in [7, 11) is 0. The third-order valence-corrected chi connectivity index (χ3v) is 6.42. The van der Waals surface area contributed by atoms with Crippen molar-refractivity contribution in [3.8, 4) is 0 Å². The molecule has 1 aliphatic rings. The maximum Gasteiger partial charge on any atom is 0.435 e. The minimum Gasteiger partial charge on any atom is -0.309 e. The minimum atomic E-state index is -4.50. The van der Waals surface area contributed by atoms with Crippen LogP contribution in [0.3, 0.4) is 0 Å². The molecule has 0 radical (unpaired) electrons. The van der Waals surface area contributed by atoms with Gasteiger partial charge in [0, 0.05) is 24.7 Å². The number of fused-ring (bicyclic) bond motifs is 1. The molecule has 1 aromatic carbocycles. The molecule has 1 amide bonds. The fourth-order valence-corrected chi connectivity index (χ4v) is 4.18. The Morgan fingerprint density at radius 1 is 1.24 bits per heavy atom. The first-order chi connectivity index (χ1) is 16.2. The first-order valence-corrected chi connectivity index (χ1v) is 11.8. The fourth-order valence-electron chi connectivity index (χ4n) is 4.18. The Hall–Kier alpha value is -2.88. The summed E-state index contributed by atoms with van der Waals surface area (Å²) in [4.78, 5) is 20.0. The highest BCUT2D eigenvalue weighted by molar-refractivity contribution is 5.92. The van der Waals surface area contributed by atoms with Gasteiger partial charge in [-0.25, -0.2) is 4.98 Å². The van der Waals surface area contributed by atoms with E-state index in [0.29, 0.717) is 18.2 Å². The quantitative estimate of drug-likeness (QED) is 0.459. The van der Waals surface area contributed by atoms with E-state index in [1.807, 2.05) is 28.8 Å². The third kappa shape index (κ3) is 5.27. The molecule has 1 saturated carbocycles. The number of likely N-dealkylation sites (N-methyl/N-ethyl adjacent to an activating group) is 1. The van der Waals surface area contributed by atoms with Crippen LogP contribution in [0.5, 0.6) is 0 Å². The SMILES string of the molecule is CCN(CC)CCn1c(NC(=O)C(C)Cn2nc(C(F)(F)F)cc2C2CC2)nc2ccccc21. The lowest BCUT2D eigenvalue weighted by Gasteiger charge is -2.20. The van der Waals surface area contributed by atoms with E-state index >= 15 is 0 Å². The lowest BCUT2D eigenvalue weighted by molar-refractivity contribution is -0.141. The minimum absolute atomic E-state index is 0.0768. The van der Waals surface area contributed by atoms with Gasteiger partial charge in [0.05, 0.1) is 23.5 Å². The number of hydrogen-bond acceptors (Lipinski definition) is 4. The van der Waals surface area contributed by atoms with Gasteiger partial charge in [0.15, 0.2) is 5.69 Å². The summed E-state index contributed by atoms with van der Waals surface area (Å²) in [6, 6.07) is 8.81. The largest absolute Gasteiger partial charge is 0.435 e. The second-order valence-corrected chi connectivity index (χ2v) is 8.90.